The third kappa shape index (κ3) is 3.22. The van der Waals surface area contributed by atoms with Crippen LogP contribution < -0.4 is 0 Å². The monoisotopic (exact) mass is 292 g/mol. The van der Waals surface area contributed by atoms with E-state index in [1.807, 2.05) is 0 Å². The van der Waals surface area contributed by atoms with E-state index >= 15 is 0 Å². The van der Waals surface area contributed by atoms with Crippen LogP contribution in [-0.4, -0.2) is 25.0 Å². The first kappa shape index (κ1) is 13.8. The van der Waals surface area contributed by atoms with E-state index in [4.69, 9.17) is 11.6 Å². The highest BCUT2D eigenvalue weighted by molar-refractivity contribution is 7.91. The summed E-state index contributed by atoms with van der Waals surface area (Å²) in [4.78, 5) is 0. The molecule has 1 aliphatic heterocycles. The van der Waals surface area contributed by atoms with Crippen molar-refractivity contribution in [1.82, 2.24) is 0 Å². The lowest BCUT2D eigenvalue weighted by atomic mass is 9.96. The smallest absolute Gasteiger partial charge is 0.150 e. The molecule has 6 heteroatoms. The summed E-state index contributed by atoms with van der Waals surface area (Å²) in [5, 5.41) is 10.2. The number of aliphatic hydroxyl groups excluding tert-OH is 1. The third-order valence-corrected chi connectivity index (χ3v) is 5.28. The minimum Gasteiger partial charge on any atom is -0.388 e. The molecule has 1 aliphatic rings. The van der Waals surface area contributed by atoms with Crippen molar-refractivity contribution in [3.8, 4) is 0 Å². The Balaban J connectivity index is 2.06. The second kappa shape index (κ2) is 5.15. The third-order valence-electron chi connectivity index (χ3n) is 3.20. The van der Waals surface area contributed by atoms with E-state index in [9.17, 15) is 17.9 Å². The zero-order chi connectivity index (χ0) is 13.3. The van der Waals surface area contributed by atoms with E-state index in [-0.39, 0.29) is 34.4 Å². The van der Waals surface area contributed by atoms with Crippen LogP contribution in [0.25, 0.3) is 0 Å². The topological polar surface area (TPSA) is 54.4 Å². The van der Waals surface area contributed by atoms with Crippen LogP contribution in [0.15, 0.2) is 18.2 Å². The van der Waals surface area contributed by atoms with Gasteiger partial charge in [0.1, 0.15) is 5.82 Å². The Morgan fingerprint density at radius 2 is 2.22 bits per heavy atom. The van der Waals surface area contributed by atoms with Gasteiger partial charge >= 0.3 is 0 Å². The Hall–Kier alpha value is -0.650. The number of aliphatic hydroxyl groups is 1. The van der Waals surface area contributed by atoms with Crippen molar-refractivity contribution in [1.29, 1.82) is 0 Å². The molecule has 1 N–H and O–H groups in total. The summed E-state index contributed by atoms with van der Waals surface area (Å²) in [5.74, 6) is -0.414. The molecule has 0 bridgehead atoms. The molecule has 2 atom stereocenters. The quantitative estimate of drug-likeness (QED) is 0.930. The van der Waals surface area contributed by atoms with Gasteiger partial charge in [0.15, 0.2) is 9.84 Å². The van der Waals surface area contributed by atoms with Crippen LogP contribution in [0.1, 0.15) is 24.5 Å². The Kier molecular flexibility index (Phi) is 3.94. The van der Waals surface area contributed by atoms with Crippen LogP contribution in [0.3, 0.4) is 0 Å². The molecule has 1 fully saturated rings. The second-order valence-corrected chi connectivity index (χ2v) is 7.35. The summed E-state index contributed by atoms with van der Waals surface area (Å²) in [5.41, 5.74) is 0.170. The Bertz CT molecular complexity index is 544. The minimum atomic E-state index is -2.97. The summed E-state index contributed by atoms with van der Waals surface area (Å²) in [6.45, 7) is 0. The van der Waals surface area contributed by atoms with Crippen LogP contribution >= 0.6 is 11.6 Å². The molecule has 1 saturated heterocycles. The Morgan fingerprint density at radius 1 is 1.50 bits per heavy atom. The fourth-order valence-corrected chi connectivity index (χ4v) is 4.31. The summed E-state index contributed by atoms with van der Waals surface area (Å²) in [6, 6.07) is 4.09. The van der Waals surface area contributed by atoms with Gasteiger partial charge in [-0.1, -0.05) is 17.7 Å². The number of hydrogen-bond donors (Lipinski definition) is 1. The molecular formula is C12H14ClFO3S. The van der Waals surface area contributed by atoms with E-state index in [0.29, 0.717) is 6.42 Å². The highest BCUT2D eigenvalue weighted by Crippen LogP contribution is 2.30. The van der Waals surface area contributed by atoms with Gasteiger partial charge in [-0.05, 0) is 30.9 Å². The lowest BCUT2D eigenvalue weighted by Gasteiger charge is -2.15. The SMILES string of the molecule is O=S1(=O)CCC(CC(O)c2ccc(Cl)cc2F)C1. The molecule has 100 valence electrons. The van der Waals surface area contributed by atoms with Crippen LogP contribution in [0.5, 0.6) is 0 Å². The summed E-state index contributed by atoms with van der Waals surface area (Å²) < 4.78 is 36.2. The molecule has 0 spiro atoms. The van der Waals surface area contributed by atoms with Gasteiger partial charge in [0, 0.05) is 10.6 Å². The number of sulfone groups is 1. The molecule has 1 heterocycles. The molecule has 0 amide bonds. The largest absolute Gasteiger partial charge is 0.388 e. The molecule has 0 aromatic heterocycles. The summed E-state index contributed by atoms with van der Waals surface area (Å²) >= 11 is 5.63. The second-order valence-electron chi connectivity index (χ2n) is 4.69. The molecule has 1 aromatic carbocycles. The first-order valence-corrected chi connectivity index (χ1v) is 7.91. The van der Waals surface area contributed by atoms with E-state index < -0.39 is 21.8 Å². The fourth-order valence-electron chi connectivity index (χ4n) is 2.27. The van der Waals surface area contributed by atoms with Crippen LogP contribution in [0, 0.1) is 11.7 Å². The van der Waals surface area contributed by atoms with Crippen molar-refractivity contribution in [2.45, 2.75) is 18.9 Å². The van der Waals surface area contributed by atoms with Gasteiger partial charge in [-0.2, -0.15) is 0 Å². The van der Waals surface area contributed by atoms with Crippen molar-refractivity contribution >= 4 is 21.4 Å². The van der Waals surface area contributed by atoms with Gasteiger partial charge in [0.2, 0.25) is 0 Å². The van der Waals surface area contributed by atoms with Crippen LogP contribution in [0.2, 0.25) is 5.02 Å². The van der Waals surface area contributed by atoms with E-state index in [1.165, 1.54) is 12.1 Å². The zero-order valence-corrected chi connectivity index (χ0v) is 11.2. The average molecular weight is 293 g/mol. The molecule has 0 aliphatic carbocycles. The molecule has 18 heavy (non-hydrogen) atoms. The normalized spacial score (nSPS) is 24.1. The lowest BCUT2D eigenvalue weighted by molar-refractivity contribution is 0.144. The van der Waals surface area contributed by atoms with E-state index in [0.717, 1.165) is 6.07 Å². The van der Waals surface area contributed by atoms with Gasteiger partial charge in [0.05, 0.1) is 17.6 Å². The van der Waals surface area contributed by atoms with Crippen molar-refractivity contribution < 1.29 is 17.9 Å². The number of halogens is 2. The predicted molar refractivity (Wildman–Crippen MR) is 67.7 cm³/mol. The highest BCUT2D eigenvalue weighted by Gasteiger charge is 2.30. The van der Waals surface area contributed by atoms with Crippen molar-refractivity contribution in [3.63, 3.8) is 0 Å². The summed E-state index contributed by atoms with van der Waals surface area (Å²) in [6.07, 6.45) is -0.188. The Labute approximate surface area is 111 Å². The standard InChI is InChI=1S/C12H14ClFO3S/c13-9-1-2-10(11(14)6-9)12(15)5-8-3-4-18(16,17)7-8/h1-2,6,8,12,15H,3-5,7H2. The van der Waals surface area contributed by atoms with Crippen molar-refractivity contribution in [2.75, 3.05) is 11.5 Å². The molecule has 3 nitrogen and oxygen atoms in total. The minimum absolute atomic E-state index is 0.0826. The van der Waals surface area contributed by atoms with E-state index in [1.54, 1.807) is 0 Å². The molecular weight excluding hydrogens is 279 g/mol. The van der Waals surface area contributed by atoms with Crippen LogP contribution in [-0.2, 0) is 9.84 Å². The molecule has 2 rings (SSSR count). The highest BCUT2D eigenvalue weighted by atomic mass is 35.5. The zero-order valence-electron chi connectivity index (χ0n) is 9.64. The summed E-state index contributed by atoms with van der Waals surface area (Å²) in [7, 11) is -2.97. The molecule has 2 unspecified atom stereocenters. The van der Waals surface area contributed by atoms with Gasteiger partial charge < -0.3 is 5.11 Å². The maximum absolute atomic E-state index is 13.6. The number of rotatable bonds is 3. The first-order valence-electron chi connectivity index (χ1n) is 5.71. The molecule has 0 saturated carbocycles. The number of benzene rings is 1. The number of hydrogen-bond acceptors (Lipinski definition) is 3. The molecule has 1 aromatic rings. The first-order chi connectivity index (χ1) is 8.37. The maximum atomic E-state index is 13.6. The van der Waals surface area contributed by atoms with Gasteiger partial charge in [-0.3, -0.25) is 0 Å². The predicted octanol–water partition coefficient (Wildman–Crippen LogP) is 2.34. The fraction of sp³-hybridized carbons (Fsp3) is 0.500. The van der Waals surface area contributed by atoms with E-state index in [2.05, 4.69) is 0 Å². The average Bonchev–Trinajstić information content (AvgIpc) is 2.57. The van der Waals surface area contributed by atoms with Gasteiger partial charge in [-0.25, -0.2) is 12.8 Å². The van der Waals surface area contributed by atoms with Crippen molar-refractivity contribution in [2.24, 2.45) is 5.92 Å². The molecule has 0 radical (unpaired) electrons. The van der Waals surface area contributed by atoms with Crippen molar-refractivity contribution in [3.05, 3.63) is 34.6 Å². The Morgan fingerprint density at radius 3 is 2.78 bits per heavy atom. The lowest BCUT2D eigenvalue weighted by Crippen LogP contribution is -2.10. The van der Waals surface area contributed by atoms with Gasteiger partial charge in [-0.15, -0.1) is 0 Å². The van der Waals surface area contributed by atoms with Crippen LogP contribution in [0.4, 0.5) is 4.39 Å². The van der Waals surface area contributed by atoms with Gasteiger partial charge in [0.25, 0.3) is 0 Å². The maximum Gasteiger partial charge on any atom is 0.150 e.